The molecule has 0 N–H and O–H groups in total. The number of allylic oxidation sites excluding steroid dienone is 3. The molecular formula is C21H23ClN2. The van der Waals surface area contributed by atoms with Gasteiger partial charge in [0.05, 0.1) is 5.52 Å². The first-order valence-corrected chi connectivity index (χ1v) is 8.27. The monoisotopic (exact) mass is 338 g/mol. The van der Waals surface area contributed by atoms with Gasteiger partial charge in [-0.15, -0.1) is 0 Å². The zero-order chi connectivity index (χ0) is 17.7. The highest BCUT2D eigenvalue weighted by molar-refractivity contribution is 6.30. The van der Waals surface area contributed by atoms with E-state index in [1.165, 1.54) is 10.9 Å². The topological polar surface area (TPSA) is 17.8 Å². The molecule has 0 saturated carbocycles. The molecule has 1 aromatic carbocycles. The maximum Gasteiger partial charge on any atom is 0.0516 e. The Bertz CT molecular complexity index is 888. The number of fused-ring (bicyclic) bond motifs is 1. The Labute approximate surface area is 149 Å². The summed E-state index contributed by atoms with van der Waals surface area (Å²) >= 11 is 6.06. The van der Waals surface area contributed by atoms with Crippen molar-refractivity contribution < 1.29 is 0 Å². The van der Waals surface area contributed by atoms with E-state index in [1.54, 1.807) is 0 Å². The lowest BCUT2D eigenvalue weighted by atomic mass is 10.1. The molecule has 0 amide bonds. The van der Waals surface area contributed by atoms with Gasteiger partial charge in [-0.3, -0.25) is 4.98 Å². The Kier molecular flexibility index (Phi) is 5.99. The van der Waals surface area contributed by atoms with Gasteiger partial charge in [0.1, 0.15) is 0 Å². The number of pyridine rings is 1. The first kappa shape index (κ1) is 18.0. The van der Waals surface area contributed by atoms with Crippen molar-refractivity contribution in [1.29, 1.82) is 0 Å². The van der Waals surface area contributed by atoms with Crippen LogP contribution in [-0.4, -0.2) is 9.55 Å². The average Bonchev–Trinajstić information content (AvgIpc) is 2.87. The summed E-state index contributed by atoms with van der Waals surface area (Å²) in [7, 11) is 2.07. The predicted molar refractivity (Wildman–Crippen MR) is 106 cm³/mol. The molecule has 0 aliphatic heterocycles. The third-order valence-corrected chi connectivity index (χ3v) is 3.98. The van der Waals surface area contributed by atoms with Gasteiger partial charge in [-0.05, 0) is 50.6 Å². The highest BCUT2D eigenvalue weighted by Gasteiger charge is 2.09. The third kappa shape index (κ3) is 4.15. The first-order chi connectivity index (χ1) is 11.4. The Hall–Kier alpha value is -2.32. The van der Waals surface area contributed by atoms with Crippen LogP contribution in [0.3, 0.4) is 0 Å². The smallest absolute Gasteiger partial charge is 0.0516 e. The van der Waals surface area contributed by atoms with Crippen molar-refractivity contribution in [1.82, 2.24) is 9.55 Å². The van der Waals surface area contributed by atoms with E-state index in [9.17, 15) is 0 Å². The van der Waals surface area contributed by atoms with Crippen molar-refractivity contribution in [2.75, 3.05) is 0 Å². The summed E-state index contributed by atoms with van der Waals surface area (Å²) in [4.78, 5) is 4.33. The van der Waals surface area contributed by atoms with Crippen LogP contribution >= 0.6 is 11.6 Å². The second-order valence-corrected chi connectivity index (χ2v) is 6.21. The van der Waals surface area contributed by atoms with Gasteiger partial charge < -0.3 is 4.57 Å². The number of hydrogen-bond acceptors (Lipinski definition) is 1. The Morgan fingerprint density at radius 2 is 2.00 bits per heavy atom. The van der Waals surface area contributed by atoms with Crippen molar-refractivity contribution in [3.05, 3.63) is 77.6 Å². The quantitative estimate of drug-likeness (QED) is 0.498. The first-order valence-electron chi connectivity index (χ1n) is 7.89. The van der Waals surface area contributed by atoms with Gasteiger partial charge in [0.2, 0.25) is 0 Å². The number of halogens is 1. The summed E-state index contributed by atoms with van der Waals surface area (Å²) in [5.74, 6) is 0. The van der Waals surface area contributed by atoms with E-state index in [4.69, 9.17) is 11.6 Å². The number of aromatic nitrogens is 2. The molecule has 0 atom stereocenters. The normalized spacial score (nSPS) is 10.7. The van der Waals surface area contributed by atoms with Gasteiger partial charge in [-0.1, -0.05) is 48.0 Å². The summed E-state index contributed by atoms with van der Waals surface area (Å²) in [6.45, 7) is 9.64. The van der Waals surface area contributed by atoms with E-state index in [0.29, 0.717) is 0 Å². The van der Waals surface area contributed by atoms with Gasteiger partial charge >= 0.3 is 0 Å². The minimum absolute atomic E-state index is 0.757. The fraction of sp³-hybridized carbons (Fsp3) is 0.190. The summed E-state index contributed by atoms with van der Waals surface area (Å²) in [5.41, 5.74) is 5.63. The molecule has 0 aliphatic rings. The SMILES string of the molecule is C=C(C)/C=C\C.Cc1nccc2c1cc(-c1cccc(Cl)c1)n2C. The maximum absolute atomic E-state index is 6.06. The molecule has 2 nitrogen and oxygen atoms in total. The van der Waals surface area contributed by atoms with Crippen LogP contribution in [0.15, 0.2) is 66.9 Å². The molecule has 0 fully saturated rings. The van der Waals surface area contributed by atoms with Crippen molar-refractivity contribution >= 4 is 22.5 Å². The van der Waals surface area contributed by atoms with E-state index < -0.39 is 0 Å². The Morgan fingerprint density at radius 1 is 1.25 bits per heavy atom. The number of benzene rings is 1. The number of rotatable bonds is 2. The average molecular weight is 339 g/mol. The number of nitrogens with zero attached hydrogens (tertiary/aromatic N) is 2. The molecule has 0 unspecified atom stereocenters. The second-order valence-electron chi connectivity index (χ2n) is 5.77. The molecule has 0 radical (unpaired) electrons. The fourth-order valence-corrected chi connectivity index (χ4v) is 2.80. The van der Waals surface area contributed by atoms with Crippen LogP contribution < -0.4 is 0 Å². The van der Waals surface area contributed by atoms with E-state index in [2.05, 4.69) is 35.3 Å². The van der Waals surface area contributed by atoms with Gasteiger partial charge in [0.15, 0.2) is 0 Å². The van der Waals surface area contributed by atoms with Gasteiger partial charge in [0.25, 0.3) is 0 Å². The van der Waals surface area contributed by atoms with Crippen LogP contribution in [0.4, 0.5) is 0 Å². The Balaban J connectivity index is 0.000000301. The summed E-state index contributed by atoms with van der Waals surface area (Å²) in [6, 6.07) is 12.1. The van der Waals surface area contributed by atoms with E-state index in [1.807, 2.05) is 63.4 Å². The zero-order valence-electron chi connectivity index (χ0n) is 14.7. The minimum Gasteiger partial charge on any atom is -0.344 e. The van der Waals surface area contributed by atoms with E-state index >= 15 is 0 Å². The molecule has 24 heavy (non-hydrogen) atoms. The predicted octanol–water partition coefficient (Wildman–Crippen LogP) is 6.34. The fourth-order valence-electron chi connectivity index (χ4n) is 2.61. The molecule has 3 aromatic rings. The van der Waals surface area contributed by atoms with Gasteiger partial charge in [-0.2, -0.15) is 0 Å². The zero-order valence-corrected chi connectivity index (χ0v) is 15.4. The van der Waals surface area contributed by atoms with Crippen LogP contribution in [0.2, 0.25) is 5.02 Å². The standard InChI is InChI=1S/C15H13ClN2.C6H10/c1-10-13-9-15(11-4-3-5-12(16)8-11)18(2)14(13)6-7-17-10;1-4-5-6(2)3/h3-9H,1-2H3;4-5H,2H2,1,3H3/b;5-4-. The molecule has 2 aromatic heterocycles. The maximum atomic E-state index is 6.06. The lowest BCUT2D eigenvalue weighted by Crippen LogP contribution is -1.91. The Morgan fingerprint density at radius 3 is 2.54 bits per heavy atom. The van der Waals surface area contributed by atoms with Crippen LogP contribution in [0.1, 0.15) is 19.5 Å². The molecule has 2 heterocycles. The van der Waals surface area contributed by atoms with Crippen molar-refractivity contribution in [2.24, 2.45) is 7.05 Å². The highest BCUT2D eigenvalue weighted by atomic mass is 35.5. The molecule has 0 bridgehead atoms. The van der Waals surface area contributed by atoms with E-state index in [0.717, 1.165) is 27.5 Å². The van der Waals surface area contributed by atoms with Crippen LogP contribution in [0, 0.1) is 6.92 Å². The van der Waals surface area contributed by atoms with Crippen molar-refractivity contribution in [3.63, 3.8) is 0 Å². The molecule has 3 heteroatoms. The second kappa shape index (κ2) is 7.98. The number of hydrogen-bond donors (Lipinski definition) is 0. The third-order valence-electron chi connectivity index (χ3n) is 3.74. The summed E-state index contributed by atoms with van der Waals surface area (Å²) < 4.78 is 2.18. The van der Waals surface area contributed by atoms with Gasteiger partial charge in [0, 0.05) is 35.0 Å². The summed E-state index contributed by atoms with van der Waals surface area (Å²) in [5, 5.41) is 1.95. The molecule has 3 rings (SSSR count). The molecule has 0 saturated heterocycles. The summed E-state index contributed by atoms with van der Waals surface area (Å²) in [6.07, 6.45) is 5.79. The lowest BCUT2D eigenvalue weighted by Gasteiger charge is -2.04. The van der Waals surface area contributed by atoms with Crippen molar-refractivity contribution in [2.45, 2.75) is 20.8 Å². The van der Waals surface area contributed by atoms with Crippen molar-refractivity contribution in [3.8, 4) is 11.3 Å². The van der Waals surface area contributed by atoms with Crippen LogP contribution in [0.5, 0.6) is 0 Å². The van der Waals surface area contributed by atoms with Gasteiger partial charge in [-0.25, -0.2) is 0 Å². The molecular weight excluding hydrogens is 316 g/mol. The van der Waals surface area contributed by atoms with Crippen LogP contribution in [-0.2, 0) is 7.05 Å². The molecule has 0 aliphatic carbocycles. The van der Waals surface area contributed by atoms with E-state index in [-0.39, 0.29) is 0 Å². The minimum atomic E-state index is 0.757. The molecule has 124 valence electrons. The molecule has 0 spiro atoms. The highest BCUT2D eigenvalue weighted by Crippen LogP contribution is 2.29. The van der Waals surface area contributed by atoms with Crippen LogP contribution in [0.25, 0.3) is 22.2 Å². The lowest BCUT2D eigenvalue weighted by molar-refractivity contribution is 0.976. The number of aryl methyl sites for hydroxylation is 2. The largest absolute Gasteiger partial charge is 0.344 e.